The Hall–Kier alpha value is -3.30. The smallest absolute Gasteiger partial charge is 0.325 e. The Bertz CT molecular complexity index is 1070. The first-order valence-electron chi connectivity index (χ1n) is 11.3. The summed E-state index contributed by atoms with van der Waals surface area (Å²) in [5.74, 6) is -1.30. The van der Waals surface area contributed by atoms with Gasteiger partial charge in [-0.15, -0.1) is 0 Å². The molecule has 2 N–H and O–H groups in total. The molecule has 2 fully saturated rings. The largest absolute Gasteiger partial charge is 0.379 e. The van der Waals surface area contributed by atoms with Crippen molar-refractivity contribution in [2.75, 3.05) is 39.4 Å². The van der Waals surface area contributed by atoms with Gasteiger partial charge >= 0.3 is 6.03 Å². The van der Waals surface area contributed by atoms with Crippen molar-refractivity contribution in [1.29, 1.82) is 0 Å². The van der Waals surface area contributed by atoms with Crippen LogP contribution in [0.3, 0.4) is 0 Å². The molecule has 2 aromatic rings. The minimum atomic E-state index is -1.23. The molecule has 4 amide bonds. The third-order valence-corrected chi connectivity index (χ3v) is 6.42. The van der Waals surface area contributed by atoms with Crippen molar-refractivity contribution < 1.29 is 23.5 Å². The third kappa shape index (κ3) is 4.95. The maximum absolute atomic E-state index is 13.9. The summed E-state index contributed by atoms with van der Waals surface area (Å²) in [5.41, 5.74) is 1.19. The van der Waals surface area contributed by atoms with E-state index in [1.54, 1.807) is 25.1 Å². The van der Waals surface area contributed by atoms with E-state index in [1.165, 1.54) is 12.1 Å². The molecular weight excluding hydrogens is 439 g/mol. The minimum Gasteiger partial charge on any atom is -0.379 e. The molecule has 9 heteroatoms. The summed E-state index contributed by atoms with van der Waals surface area (Å²) in [6.45, 7) is 5.80. The highest BCUT2D eigenvalue weighted by molar-refractivity contribution is 6.09. The van der Waals surface area contributed by atoms with Crippen LogP contribution in [-0.4, -0.2) is 67.0 Å². The molecule has 0 saturated carbocycles. The van der Waals surface area contributed by atoms with Crippen LogP contribution in [0.1, 0.15) is 29.7 Å². The average Bonchev–Trinajstić information content (AvgIpc) is 3.04. The lowest BCUT2D eigenvalue weighted by atomic mass is 9.91. The molecule has 8 nitrogen and oxygen atoms in total. The zero-order valence-electron chi connectivity index (χ0n) is 19.3. The molecule has 34 heavy (non-hydrogen) atoms. The number of hydrogen-bond acceptors (Lipinski definition) is 5. The van der Waals surface area contributed by atoms with E-state index < -0.39 is 29.9 Å². The second kappa shape index (κ2) is 9.90. The molecule has 2 aromatic carbocycles. The summed E-state index contributed by atoms with van der Waals surface area (Å²) in [6, 6.07) is 12.7. The van der Waals surface area contributed by atoms with E-state index in [0.717, 1.165) is 16.0 Å². The minimum absolute atomic E-state index is 0.209. The van der Waals surface area contributed by atoms with Crippen LogP contribution in [0.5, 0.6) is 0 Å². The molecule has 4 rings (SSSR count). The van der Waals surface area contributed by atoms with Gasteiger partial charge in [0.25, 0.3) is 5.91 Å². The van der Waals surface area contributed by atoms with Crippen molar-refractivity contribution in [1.82, 2.24) is 20.4 Å². The third-order valence-electron chi connectivity index (χ3n) is 6.42. The first kappa shape index (κ1) is 23.8. The van der Waals surface area contributed by atoms with E-state index in [2.05, 4.69) is 15.5 Å². The van der Waals surface area contributed by atoms with Gasteiger partial charge in [-0.2, -0.15) is 0 Å². The van der Waals surface area contributed by atoms with Crippen molar-refractivity contribution in [3.63, 3.8) is 0 Å². The molecule has 0 bridgehead atoms. The monoisotopic (exact) mass is 468 g/mol. The normalized spacial score (nSPS) is 21.9. The zero-order chi connectivity index (χ0) is 24.3. The van der Waals surface area contributed by atoms with E-state index in [0.29, 0.717) is 31.9 Å². The summed E-state index contributed by atoms with van der Waals surface area (Å²) in [7, 11) is 0. The highest BCUT2D eigenvalue weighted by Crippen LogP contribution is 2.29. The van der Waals surface area contributed by atoms with Gasteiger partial charge in [0.05, 0.1) is 19.3 Å². The molecule has 0 aromatic heterocycles. The van der Waals surface area contributed by atoms with Crippen LogP contribution < -0.4 is 10.6 Å². The number of nitrogens with one attached hydrogen (secondary N) is 2. The van der Waals surface area contributed by atoms with E-state index in [9.17, 15) is 18.8 Å². The molecule has 180 valence electrons. The van der Waals surface area contributed by atoms with Gasteiger partial charge in [0, 0.05) is 19.6 Å². The first-order valence-corrected chi connectivity index (χ1v) is 11.3. The number of hydrogen-bond donors (Lipinski definition) is 2. The van der Waals surface area contributed by atoms with Crippen molar-refractivity contribution in [2.45, 2.75) is 25.4 Å². The van der Waals surface area contributed by atoms with Gasteiger partial charge in [0.1, 0.15) is 17.9 Å². The van der Waals surface area contributed by atoms with Crippen LogP contribution in [0, 0.1) is 12.7 Å². The molecule has 2 atom stereocenters. The second-order valence-corrected chi connectivity index (χ2v) is 8.84. The molecule has 2 heterocycles. The number of halogens is 1. The number of rotatable bonds is 7. The van der Waals surface area contributed by atoms with Gasteiger partial charge in [-0.25, -0.2) is 9.18 Å². The van der Waals surface area contributed by atoms with Crippen molar-refractivity contribution in [2.24, 2.45) is 0 Å². The van der Waals surface area contributed by atoms with Crippen molar-refractivity contribution in [3.05, 3.63) is 71.0 Å². The van der Waals surface area contributed by atoms with Crippen LogP contribution in [-0.2, 0) is 19.9 Å². The topological polar surface area (TPSA) is 91.0 Å². The van der Waals surface area contributed by atoms with Crippen LogP contribution in [0.4, 0.5) is 9.18 Å². The molecule has 0 radical (unpaired) electrons. The second-order valence-electron chi connectivity index (χ2n) is 8.84. The standard InChI is InChI=1S/C25H29FN4O4/c1-17-6-8-19(9-7-17)25(2)23(32)30(24(33)28-25)16-22(31)27-15-21(29-10-12-34-13-11-29)18-4-3-5-20(26)14-18/h3-9,14,21H,10-13,15-16H2,1-2H3,(H,27,31)(H,28,33). The maximum atomic E-state index is 13.9. The fourth-order valence-corrected chi connectivity index (χ4v) is 4.39. The van der Waals surface area contributed by atoms with Crippen LogP contribution in [0.15, 0.2) is 48.5 Å². The summed E-state index contributed by atoms with van der Waals surface area (Å²) in [4.78, 5) is 41.5. The number of imide groups is 1. The number of amides is 4. The zero-order valence-corrected chi connectivity index (χ0v) is 19.3. The van der Waals surface area contributed by atoms with Gasteiger partial charge in [-0.1, -0.05) is 42.0 Å². The summed E-state index contributed by atoms with van der Waals surface area (Å²) >= 11 is 0. The number of aryl methyl sites for hydroxylation is 1. The van der Waals surface area contributed by atoms with E-state index in [1.807, 2.05) is 25.1 Å². The Morgan fingerprint density at radius 1 is 1.18 bits per heavy atom. The Kier molecular flexibility index (Phi) is 6.95. The predicted molar refractivity (Wildman–Crippen MR) is 123 cm³/mol. The van der Waals surface area contributed by atoms with Crippen LogP contribution in [0.25, 0.3) is 0 Å². The SMILES string of the molecule is Cc1ccc(C2(C)NC(=O)N(CC(=O)NCC(c3cccc(F)c3)N3CCOCC3)C2=O)cc1. The lowest BCUT2D eigenvalue weighted by Crippen LogP contribution is -2.47. The maximum Gasteiger partial charge on any atom is 0.325 e. The van der Waals surface area contributed by atoms with Crippen LogP contribution >= 0.6 is 0 Å². The van der Waals surface area contributed by atoms with Gasteiger partial charge in [0.2, 0.25) is 5.91 Å². The van der Waals surface area contributed by atoms with Gasteiger partial charge in [-0.3, -0.25) is 19.4 Å². The highest BCUT2D eigenvalue weighted by Gasteiger charge is 2.49. The number of nitrogens with zero attached hydrogens (tertiary/aromatic N) is 2. The fraction of sp³-hybridized carbons (Fsp3) is 0.400. The lowest BCUT2D eigenvalue weighted by molar-refractivity contribution is -0.134. The quantitative estimate of drug-likeness (QED) is 0.608. The number of morpholine rings is 1. The van der Waals surface area contributed by atoms with Crippen molar-refractivity contribution in [3.8, 4) is 0 Å². The number of benzene rings is 2. The lowest BCUT2D eigenvalue weighted by Gasteiger charge is -2.35. The summed E-state index contributed by atoms with van der Waals surface area (Å²) in [5, 5.41) is 5.54. The number of urea groups is 1. The van der Waals surface area contributed by atoms with Gasteiger partial charge in [-0.05, 0) is 37.1 Å². The Balaban J connectivity index is 1.43. The highest BCUT2D eigenvalue weighted by atomic mass is 19.1. The van der Waals surface area contributed by atoms with E-state index in [-0.39, 0.29) is 18.4 Å². The molecular formula is C25H29FN4O4. The summed E-state index contributed by atoms with van der Waals surface area (Å²) in [6.07, 6.45) is 0. The molecule has 0 aliphatic carbocycles. The van der Waals surface area contributed by atoms with Crippen molar-refractivity contribution >= 4 is 17.8 Å². The fourth-order valence-electron chi connectivity index (χ4n) is 4.39. The predicted octanol–water partition coefficient (Wildman–Crippen LogP) is 2.09. The Labute approximate surface area is 198 Å². The van der Waals surface area contributed by atoms with Gasteiger partial charge < -0.3 is 15.4 Å². The van der Waals surface area contributed by atoms with Gasteiger partial charge in [0.15, 0.2) is 0 Å². The number of ether oxygens (including phenoxy) is 1. The summed E-state index contributed by atoms with van der Waals surface area (Å²) < 4.78 is 19.3. The Morgan fingerprint density at radius 3 is 2.56 bits per heavy atom. The van der Waals surface area contributed by atoms with Crippen LogP contribution in [0.2, 0.25) is 0 Å². The number of carbonyl (C=O) groups excluding carboxylic acids is 3. The number of carbonyl (C=O) groups is 3. The van der Waals surface area contributed by atoms with E-state index >= 15 is 0 Å². The average molecular weight is 469 g/mol. The molecule has 2 aliphatic heterocycles. The van der Waals surface area contributed by atoms with E-state index in [4.69, 9.17) is 4.74 Å². The Morgan fingerprint density at radius 2 is 1.88 bits per heavy atom. The molecule has 2 aliphatic rings. The molecule has 0 spiro atoms. The molecule has 2 saturated heterocycles. The first-order chi connectivity index (χ1) is 16.3. The molecule has 2 unspecified atom stereocenters.